The highest BCUT2D eigenvalue weighted by Crippen LogP contribution is 2.30. The van der Waals surface area contributed by atoms with Crippen molar-refractivity contribution in [3.63, 3.8) is 0 Å². The number of fused-ring (bicyclic) bond motifs is 1. The Morgan fingerprint density at radius 1 is 1.21 bits per heavy atom. The van der Waals surface area contributed by atoms with Gasteiger partial charge in [0, 0.05) is 32.9 Å². The fourth-order valence-corrected chi connectivity index (χ4v) is 4.53. The first kappa shape index (κ1) is 19.8. The van der Waals surface area contributed by atoms with E-state index in [0.29, 0.717) is 32.9 Å². The van der Waals surface area contributed by atoms with Gasteiger partial charge in [-0.25, -0.2) is 4.98 Å². The molecule has 0 saturated carbocycles. The minimum absolute atomic E-state index is 0.197. The summed E-state index contributed by atoms with van der Waals surface area (Å²) in [5, 5.41) is 2.81. The summed E-state index contributed by atoms with van der Waals surface area (Å²) >= 11 is 13.9. The number of imidazole rings is 1. The van der Waals surface area contributed by atoms with E-state index < -0.39 is 0 Å². The zero-order valence-electron chi connectivity index (χ0n) is 15.7. The van der Waals surface area contributed by atoms with E-state index in [9.17, 15) is 4.79 Å². The average Bonchev–Trinajstić information content (AvgIpc) is 3.25. The van der Waals surface area contributed by atoms with E-state index in [1.807, 2.05) is 47.2 Å². The number of benzene rings is 2. The SMILES string of the molecule is COc1ccccc1CN(C(=O)c1c(C)nc2sccn12)c1cc(Cl)cc(Cl)c1. The number of ether oxygens (including phenoxy) is 1. The highest BCUT2D eigenvalue weighted by Gasteiger charge is 2.26. The summed E-state index contributed by atoms with van der Waals surface area (Å²) in [5.74, 6) is 0.502. The molecule has 1 amide bonds. The lowest BCUT2D eigenvalue weighted by Crippen LogP contribution is -2.32. The second-order valence-corrected chi connectivity index (χ2v) is 8.18. The topological polar surface area (TPSA) is 46.8 Å². The number of hydrogen-bond acceptors (Lipinski definition) is 4. The van der Waals surface area contributed by atoms with Crippen LogP contribution in [0.25, 0.3) is 4.96 Å². The molecule has 0 aliphatic carbocycles. The van der Waals surface area contributed by atoms with Crippen LogP contribution in [-0.2, 0) is 6.54 Å². The van der Waals surface area contributed by atoms with Crippen molar-refractivity contribution >= 4 is 51.1 Å². The Balaban J connectivity index is 1.84. The van der Waals surface area contributed by atoms with Crippen LogP contribution < -0.4 is 9.64 Å². The molecule has 148 valence electrons. The third-order valence-corrected chi connectivity index (χ3v) is 5.76. The number of halogens is 2. The second kappa shape index (κ2) is 8.06. The molecule has 0 spiro atoms. The van der Waals surface area contributed by atoms with Gasteiger partial charge < -0.3 is 9.64 Å². The minimum atomic E-state index is -0.197. The summed E-state index contributed by atoms with van der Waals surface area (Å²) < 4.78 is 7.28. The van der Waals surface area contributed by atoms with Gasteiger partial charge in [0.05, 0.1) is 19.3 Å². The Morgan fingerprint density at radius 3 is 2.66 bits per heavy atom. The van der Waals surface area contributed by atoms with Crippen LogP contribution in [-0.4, -0.2) is 22.4 Å². The lowest BCUT2D eigenvalue weighted by molar-refractivity contribution is 0.0979. The summed E-state index contributed by atoms with van der Waals surface area (Å²) in [4.78, 5) is 20.6. The maximum atomic E-state index is 13.7. The number of anilines is 1. The fraction of sp³-hybridized carbons (Fsp3) is 0.143. The first-order valence-electron chi connectivity index (χ1n) is 8.80. The zero-order chi connectivity index (χ0) is 20.5. The van der Waals surface area contributed by atoms with E-state index in [4.69, 9.17) is 27.9 Å². The van der Waals surface area contributed by atoms with E-state index in [2.05, 4.69) is 4.98 Å². The van der Waals surface area contributed by atoms with Crippen molar-refractivity contribution in [2.24, 2.45) is 0 Å². The molecule has 0 aliphatic heterocycles. The van der Waals surface area contributed by atoms with Crippen LogP contribution in [0.4, 0.5) is 5.69 Å². The number of hydrogen-bond donors (Lipinski definition) is 0. The second-order valence-electron chi connectivity index (χ2n) is 6.43. The van der Waals surface area contributed by atoms with Crippen LogP contribution in [0.15, 0.2) is 54.0 Å². The molecule has 2 heterocycles. The van der Waals surface area contributed by atoms with Gasteiger partial charge >= 0.3 is 0 Å². The number of methoxy groups -OCH3 is 1. The lowest BCUT2D eigenvalue weighted by atomic mass is 10.1. The molecule has 4 aromatic rings. The summed E-state index contributed by atoms with van der Waals surface area (Å²) in [6.45, 7) is 2.12. The molecule has 0 unspecified atom stereocenters. The Labute approximate surface area is 182 Å². The molecule has 0 fully saturated rings. The Morgan fingerprint density at radius 2 is 1.93 bits per heavy atom. The van der Waals surface area contributed by atoms with E-state index >= 15 is 0 Å². The van der Waals surface area contributed by atoms with Crippen molar-refractivity contribution in [1.29, 1.82) is 0 Å². The van der Waals surface area contributed by atoms with Crippen LogP contribution in [0.2, 0.25) is 10.0 Å². The molecular weight excluding hydrogens is 429 g/mol. The van der Waals surface area contributed by atoms with Gasteiger partial charge in [0.15, 0.2) is 4.96 Å². The number of nitrogens with zero attached hydrogens (tertiary/aromatic N) is 3. The molecule has 2 aromatic heterocycles. The molecule has 2 aromatic carbocycles. The molecule has 4 rings (SSSR count). The molecule has 5 nitrogen and oxygen atoms in total. The van der Waals surface area contributed by atoms with Crippen molar-refractivity contribution in [2.45, 2.75) is 13.5 Å². The summed E-state index contributed by atoms with van der Waals surface area (Å²) in [5.41, 5.74) is 2.64. The standard InChI is InChI=1S/C21H17Cl2N3O2S/c1-13-19(25-7-8-29-21(25)24-13)20(27)26(17-10-15(22)9-16(23)11-17)12-14-5-3-4-6-18(14)28-2/h3-11H,12H2,1-2H3. The maximum absolute atomic E-state index is 13.7. The van der Waals surface area contributed by atoms with E-state index in [0.717, 1.165) is 10.5 Å². The molecule has 0 saturated heterocycles. The molecule has 0 radical (unpaired) electrons. The van der Waals surface area contributed by atoms with Crippen LogP contribution in [0.3, 0.4) is 0 Å². The number of aryl methyl sites for hydroxylation is 1. The van der Waals surface area contributed by atoms with Gasteiger partial charge in [-0.2, -0.15) is 0 Å². The largest absolute Gasteiger partial charge is 0.496 e. The van der Waals surface area contributed by atoms with Crippen LogP contribution in [0, 0.1) is 6.92 Å². The van der Waals surface area contributed by atoms with Gasteiger partial charge in [0.2, 0.25) is 0 Å². The minimum Gasteiger partial charge on any atom is -0.496 e. The van der Waals surface area contributed by atoms with Crippen molar-refractivity contribution in [1.82, 2.24) is 9.38 Å². The molecule has 0 N–H and O–H groups in total. The van der Waals surface area contributed by atoms with Crippen molar-refractivity contribution in [3.8, 4) is 5.75 Å². The lowest BCUT2D eigenvalue weighted by Gasteiger charge is -2.24. The van der Waals surface area contributed by atoms with Crippen LogP contribution >= 0.6 is 34.5 Å². The van der Waals surface area contributed by atoms with Gasteiger partial charge in [0.1, 0.15) is 11.4 Å². The Kier molecular flexibility index (Phi) is 5.50. The van der Waals surface area contributed by atoms with Crippen LogP contribution in [0.1, 0.15) is 21.7 Å². The first-order valence-corrected chi connectivity index (χ1v) is 10.4. The smallest absolute Gasteiger partial charge is 0.277 e. The summed E-state index contributed by atoms with van der Waals surface area (Å²) in [7, 11) is 1.61. The summed E-state index contributed by atoms with van der Waals surface area (Å²) in [6.07, 6.45) is 1.85. The van der Waals surface area contributed by atoms with Crippen molar-refractivity contribution < 1.29 is 9.53 Å². The monoisotopic (exact) mass is 445 g/mol. The zero-order valence-corrected chi connectivity index (χ0v) is 18.1. The fourth-order valence-electron chi connectivity index (χ4n) is 3.26. The highest BCUT2D eigenvalue weighted by molar-refractivity contribution is 7.15. The Bertz CT molecular complexity index is 1180. The molecule has 29 heavy (non-hydrogen) atoms. The molecule has 0 aliphatic rings. The van der Waals surface area contributed by atoms with Gasteiger partial charge in [0.25, 0.3) is 5.91 Å². The Hall–Kier alpha value is -2.54. The normalized spacial score (nSPS) is 11.0. The number of para-hydroxylation sites is 1. The predicted octanol–water partition coefficient (Wildman–Crippen LogP) is 5.87. The van der Waals surface area contributed by atoms with E-state index in [-0.39, 0.29) is 12.5 Å². The van der Waals surface area contributed by atoms with Crippen molar-refractivity contribution in [3.05, 3.63) is 81.0 Å². The van der Waals surface area contributed by atoms with Crippen LogP contribution in [0.5, 0.6) is 5.75 Å². The summed E-state index contributed by atoms with van der Waals surface area (Å²) in [6, 6.07) is 12.7. The third-order valence-electron chi connectivity index (χ3n) is 4.56. The molecule has 0 atom stereocenters. The predicted molar refractivity (Wildman–Crippen MR) is 118 cm³/mol. The maximum Gasteiger partial charge on any atom is 0.277 e. The molecular formula is C21H17Cl2N3O2S. The number of rotatable bonds is 5. The molecule has 0 bridgehead atoms. The number of amides is 1. The quantitative estimate of drug-likeness (QED) is 0.386. The number of carbonyl (C=O) groups is 1. The molecule has 8 heteroatoms. The average molecular weight is 446 g/mol. The van der Waals surface area contributed by atoms with E-state index in [1.165, 1.54) is 11.3 Å². The van der Waals surface area contributed by atoms with Gasteiger partial charge in [-0.3, -0.25) is 9.20 Å². The van der Waals surface area contributed by atoms with Gasteiger partial charge in [-0.15, -0.1) is 11.3 Å². The third kappa shape index (κ3) is 3.83. The van der Waals surface area contributed by atoms with E-state index in [1.54, 1.807) is 30.2 Å². The van der Waals surface area contributed by atoms with Gasteiger partial charge in [-0.05, 0) is 31.2 Å². The first-order chi connectivity index (χ1) is 14.0. The van der Waals surface area contributed by atoms with Crippen molar-refractivity contribution in [2.75, 3.05) is 12.0 Å². The highest BCUT2D eigenvalue weighted by atomic mass is 35.5. The van der Waals surface area contributed by atoms with Gasteiger partial charge in [-0.1, -0.05) is 41.4 Å². The number of carbonyl (C=O) groups excluding carboxylic acids is 1. The number of thiazole rings is 1. The number of aromatic nitrogens is 2.